The number of fused-ring (bicyclic) bond motifs is 4. The third kappa shape index (κ3) is 11.8. The summed E-state index contributed by atoms with van der Waals surface area (Å²) < 4.78 is 0. The van der Waals surface area contributed by atoms with Crippen LogP contribution in [0.5, 0.6) is 0 Å². The number of aromatic nitrogens is 10. The minimum absolute atomic E-state index is 0.569. The lowest BCUT2D eigenvalue weighted by Gasteiger charge is -2.56. The number of carbonyl (C=O) groups is 1. The number of aryl methyl sites for hydroxylation is 4. The first kappa shape index (κ1) is 47.8. The molecule has 8 aromatic rings. The maximum absolute atomic E-state index is 10.1. The Morgan fingerprint density at radius 2 is 1.06 bits per heavy atom. The molecule has 6 aliphatic heterocycles. The van der Waals surface area contributed by atoms with Crippen molar-refractivity contribution in [1.82, 2.24) is 60.5 Å². The number of piperazine rings is 2. The van der Waals surface area contributed by atoms with Crippen molar-refractivity contribution in [3.8, 4) is 22.8 Å². The van der Waals surface area contributed by atoms with Crippen LogP contribution in [-0.2, 0) is 19.4 Å². The molecule has 71 heavy (non-hydrogen) atoms. The number of H-pyrrole nitrogens is 2. The molecule has 15 nitrogen and oxygen atoms in total. The number of anilines is 2. The minimum Gasteiger partial charge on any atom is -0.353 e. The number of aldehydes is 1. The number of aromatic amines is 2. The van der Waals surface area contributed by atoms with E-state index in [1.54, 1.807) is 24.3 Å². The molecule has 4 atom stereocenters. The van der Waals surface area contributed by atoms with Crippen molar-refractivity contribution in [3.63, 3.8) is 0 Å². The number of carbonyl (C=O) groups excluding carboxylic acids is 1. The number of benzene rings is 2. The Hall–Kier alpha value is -6.91. The van der Waals surface area contributed by atoms with Crippen LogP contribution < -0.4 is 15.1 Å². The molecule has 0 saturated carbocycles. The zero-order valence-corrected chi connectivity index (χ0v) is 41.7. The summed E-state index contributed by atoms with van der Waals surface area (Å²) in [6, 6.07) is 33.8. The normalized spacial score (nSPS) is 18.8. The first-order chi connectivity index (χ1) is 34.4. The van der Waals surface area contributed by atoms with Crippen LogP contribution in [0.2, 0.25) is 10.0 Å². The van der Waals surface area contributed by atoms with Gasteiger partial charge in [0.25, 0.3) is 0 Å². The number of rotatable bonds is 11. The van der Waals surface area contributed by atoms with Gasteiger partial charge in [0.15, 0.2) is 11.6 Å². The molecule has 17 heteroatoms. The minimum atomic E-state index is 0.569. The van der Waals surface area contributed by atoms with Crippen LogP contribution in [0.1, 0.15) is 74.3 Å². The molecule has 6 aliphatic rings. The SMILES string of the molecule is Cc1cc(Cc2cc(C)[nH]n2)nc(-c2ccc(N3CC4CC(C3)N4)nc2)n1.Cc1cc(Cc2cc(C)[nH]n2)nc(-c2ccc(N3CC4CC(C3)N4Cc3ccc(Cl)cc3)nc2)n1.O=Cc1ccc(Cl)cc1. The molecule has 0 spiro atoms. The summed E-state index contributed by atoms with van der Waals surface area (Å²) in [5.41, 5.74) is 11.7. The van der Waals surface area contributed by atoms with Crippen molar-refractivity contribution in [3.05, 3.63) is 176 Å². The smallest absolute Gasteiger partial charge is 0.161 e. The van der Waals surface area contributed by atoms with Gasteiger partial charge < -0.3 is 15.1 Å². The van der Waals surface area contributed by atoms with Crippen molar-refractivity contribution in [2.75, 3.05) is 36.0 Å². The van der Waals surface area contributed by atoms with Crippen LogP contribution in [0.3, 0.4) is 0 Å². The van der Waals surface area contributed by atoms with Crippen LogP contribution >= 0.6 is 23.2 Å². The van der Waals surface area contributed by atoms with E-state index in [0.717, 1.165) is 118 Å². The van der Waals surface area contributed by atoms with E-state index in [1.807, 2.05) is 76.5 Å². The molecule has 4 bridgehead atoms. The van der Waals surface area contributed by atoms with Gasteiger partial charge in [-0.3, -0.25) is 19.9 Å². The van der Waals surface area contributed by atoms with E-state index in [1.165, 1.54) is 18.4 Å². The third-order valence-electron chi connectivity index (χ3n) is 13.3. The number of nitrogens with one attached hydrogen (secondary N) is 3. The van der Waals surface area contributed by atoms with Gasteiger partial charge in [-0.15, -0.1) is 0 Å². The molecule has 6 saturated heterocycles. The lowest BCUT2D eigenvalue weighted by atomic mass is 9.86. The summed E-state index contributed by atoms with van der Waals surface area (Å²) in [5, 5.41) is 19.6. The quantitative estimate of drug-likeness (QED) is 0.105. The van der Waals surface area contributed by atoms with Gasteiger partial charge in [0.1, 0.15) is 17.9 Å². The highest BCUT2D eigenvalue weighted by atomic mass is 35.5. The summed E-state index contributed by atoms with van der Waals surface area (Å²) in [7, 11) is 0. The van der Waals surface area contributed by atoms with Crippen molar-refractivity contribution in [2.24, 2.45) is 0 Å². The maximum Gasteiger partial charge on any atom is 0.161 e. The van der Waals surface area contributed by atoms with Gasteiger partial charge in [0.05, 0.1) is 22.8 Å². The van der Waals surface area contributed by atoms with Gasteiger partial charge in [-0.1, -0.05) is 47.5 Å². The van der Waals surface area contributed by atoms with Gasteiger partial charge in [-0.05, 0) is 119 Å². The predicted molar refractivity (Wildman–Crippen MR) is 278 cm³/mol. The highest BCUT2D eigenvalue weighted by molar-refractivity contribution is 6.30. The largest absolute Gasteiger partial charge is 0.353 e. The second-order valence-electron chi connectivity index (χ2n) is 19.0. The Bertz CT molecular complexity index is 3060. The van der Waals surface area contributed by atoms with Crippen LogP contribution in [0.25, 0.3) is 22.8 Å². The fraction of sp³-hybridized carbons (Fsp3) is 0.315. The van der Waals surface area contributed by atoms with E-state index >= 15 is 0 Å². The molecule has 0 amide bonds. The second-order valence-corrected chi connectivity index (χ2v) is 19.9. The molecule has 6 aromatic heterocycles. The molecular formula is C54H56Cl2N14O. The third-order valence-corrected chi connectivity index (χ3v) is 13.8. The van der Waals surface area contributed by atoms with Gasteiger partial charge >= 0.3 is 0 Å². The molecule has 0 radical (unpaired) electrons. The summed E-state index contributed by atoms with van der Waals surface area (Å²) in [5.74, 6) is 3.49. The van der Waals surface area contributed by atoms with Gasteiger partial charge in [0, 0.05) is 132 Å². The number of hydrogen-bond donors (Lipinski definition) is 3. The summed E-state index contributed by atoms with van der Waals surface area (Å²) in [4.78, 5) is 45.7. The predicted octanol–water partition coefficient (Wildman–Crippen LogP) is 8.76. The standard InChI is InChI=1S/C27H28ClN7.C20H23N7.C7H5ClO/c1-17-9-22(11-23-10-18(2)32-33-23)31-27(30-17)20-5-8-26(29-13-20)34-15-24-12-25(16-34)35(24)14-19-3-6-21(28)7-4-19;1-12-5-15(7-16-6-13(2)25-26-16)24-20(22-12)14-3-4-19(21-9-14)27-10-17-8-18(11-27)23-17;8-7-3-1-6(5-9)2-4-7/h3-10,13,24-25H,11-12,14-16H2,1-2H3,(H,32,33);3-6,9,17-18,23H,7-8,10-11H2,1-2H3,(H,25,26);1-5H. The van der Waals surface area contributed by atoms with Crippen LogP contribution in [0.4, 0.5) is 11.6 Å². The van der Waals surface area contributed by atoms with Crippen molar-refractivity contribution >= 4 is 41.1 Å². The molecule has 362 valence electrons. The lowest BCUT2D eigenvalue weighted by Crippen LogP contribution is -2.68. The molecular weight excluding hydrogens is 932 g/mol. The monoisotopic (exact) mass is 986 g/mol. The van der Waals surface area contributed by atoms with E-state index in [0.29, 0.717) is 53.4 Å². The van der Waals surface area contributed by atoms with Gasteiger partial charge in [-0.25, -0.2) is 29.9 Å². The Morgan fingerprint density at radius 1 is 0.577 bits per heavy atom. The van der Waals surface area contributed by atoms with Crippen molar-refractivity contribution < 1.29 is 4.79 Å². The van der Waals surface area contributed by atoms with Crippen LogP contribution in [0, 0.1) is 27.7 Å². The summed E-state index contributed by atoms with van der Waals surface area (Å²) in [6.45, 7) is 13.1. The van der Waals surface area contributed by atoms with Crippen molar-refractivity contribution in [1.29, 1.82) is 0 Å². The van der Waals surface area contributed by atoms with Crippen LogP contribution in [-0.4, -0.2) is 112 Å². The molecule has 14 rings (SSSR count). The number of hydrogen-bond acceptors (Lipinski definition) is 13. The van der Waals surface area contributed by atoms with E-state index in [-0.39, 0.29) is 0 Å². The average molecular weight is 988 g/mol. The zero-order chi connectivity index (χ0) is 49.0. The highest BCUT2D eigenvalue weighted by Gasteiger charge is 2.44. The molecule has 2 aromatic carbocycles. The number of nitrogens with zero attached hydrogens (tertiary/aromatic N) is 11. The Balaban J connectivity index is 0.000000143. The highest BCUT2D eigenvalue weighted by Crippen LogP contribution is 2.36. The molecule has 0 aliphatic carbocycles. The first-order valence-corrected chi connectivity index (χ1v) is 24.8. The summed E-state index contributed by atoms with van der Waals surface area (Å²) >= 11 is 11.6. The lowest BCUT2D eigenvalue weighted by molar-refractivity contribution is -0.00867. The fourth-order valence-corrected chi connectivity index (χ4v) is 10.0. The number of pyridine rings is 2. The summed E-state index contributed by atoms with van der Waals surface area (Å²) in [6.07, 6.45) is 8.50. The van der Waals surface area contributed by atoms with E-state index in [2.05, 4.69) is 91.8 Å². The Labute approximate surface area is 423 Å². The van der Waals surface area contributed by atoms with E-state index < -0.39 is 0 Å². The van der Waals surface area contributed by atoms with Crippen molar-refractivity contribution in [2.45, 2.75) is 84.1 Å². The Morgan fingerprint density at radius 3 is 1.49 bits per heavy atom. The topological polar surface area (TPSA) is 174 Å². The van der Waals surface area contributed by atoms with Gasteiger partial charge in [-0.2, -0.15) is 10.2 Å². The van der Waals surface area contributed by atoms with E-state index in [4.69, 9.17) is 38.2 Å². The molecule has 4 unspecified atom stereocenters. The molecule has 6 fully saturated rings. The average Bonchev–Trinajstić information content (AvgIpc) is 3.99. The van der Waals surface area contributed by atoms with Crippen LogP contribution in [0.15, 0.2) is 109 Å². The molecule has 3 N–H and O–H groups in total. The number of halogens is 2. The van der Waals surface area contributed by atoms with E-state index in [9.17, 15) is 4.79 Å². The zero-order valence-electron chi connectivity index (χ0n) is 40.2. The van der Waals surface area contributed by atoms with Gasteiger partial charge in [0.2, 0.25) is 0 Å². The second kappa shape index (κ2) is 21.2. The number of piperidine rings is 2. The fourth-order valence-electron chi connectivity index (χ4n) is 9.79. The molecule has 12 heterocycles. The maximum atomic E-state index is 10.1. The Kier molecular flexibility index (Phi) is 14.3. The first-order valence-electron chi connectivity index (χ1n) is 24.1.